The number of alkyl halides is 3. The van der Waals surface area contributed by atoms with E-state index in [1.54, 1.807) is 0 Å². The molecule has 11 heteroatoms. The first-order valence-electron chi connectivity index (χ1n) is 12.3. The quantitative estimate of drug-likeness (QED) is 0.518. The summed E-state index contributed by atoms with van der Waals surface area (Å²) in [6.07, 6.45) is -5.75. The molecule has 1 aromatic rings. The van der Waals surface area contributed by atoms with Gasteiger partial charge < -0.3 is 25.3 Å². The maximum absolute atomic E-state index is 14.3. The van der Waals surface area contributed by atoms with E-state index in [1.165, 1.54) is 29.8 Å². The van der Waals surface area contributed by atoms with E-state index >= 15 is 0 Å². The number of thioether (sulfide) groups is 1. The Hall–Kier alpha value is -2.40. The topological polar surface area (TPSA) is 39.0 Å². The number of halogens is 5. The largest absolute Gasteiger partial charge is 0.427 e. The minimum absolute atomic E-state index is 0.124. The van der Waals surface area contributed by atoms with Gasteiger partial charge >= 0.3 is 6.18 Å². The van der Waals surface area contributed by atoms with Crippen LogP contribution in [0.5, 0.6) is 0 Å². The highest BCUT2D eigenvalue weighted by molar-refractivity contribution is 7.99. The maximum atomic E-state index is 14.3. The molecule has 0 spiro atoms. The fraction of sp³-hybridized carbons (Fsp3) is 0.538. The molecule has 2 unspecified atom stereocenters. The van der Waals surface area contributed by atoms with Crippen molar-refractivity contribution in [3.05, 3.63) is 70.8 Å². The Bertz CT molecular complexity index is 1080. The minimum Gasteiger partial charge on any atom is -0.369 e. The van der Waals surface area contributed by atoms with Crippen LogP contribution in [0.15, 0.2) is 48.1 Å². The zero-order valence-electron chi connectivity index (χ0n) is 21.3. The number of hydrogen-bond acceptors (Lipinski definition) is 6. The summed E-state index contributed by atoms with van der Waals surface area (Å²) in [5.41, 5.74) is 9.04. The van der Waals surface area contributed by atoms with Crippen molar-refractivity contribution in [3.8, 4) is 0 Å². The number of rotatable bonds is 7. The molecule has 2 N–H and O–H groups in total. The average molecular weight is 544 g/mol. The monoisotopic (exact) mass is 543 g/mol. The van der Waals surface area contributed by atoms with Gasteiger partial charge in [0, 0.05) is 62.9 Å². The highest BCUT2D eigenvalue weighted by Gasteiger charge is 2.54. The van der Waals surface area contributed by atoms with Crippen LogP contribution in [0.25, 0.3) is 0 Å². The van der Waals surface area contributed by atoms with Crippen molar-refractivity contribution in [1.29, 1.82) is 0 Å². The van der Waals surface area contributed by atoms with E-state index in [4.69, 9.17) is 5.73 Å². The van der Waals surface area contributed by atoms with Crippen LogP contribution in [0.2, 0.25) is 0 Å². The molecule has 1 aromatic carbocycles. The van der Waals surface area contributed by atoms with Gasteiger partial charge in [-0.1, -0.05) is 13.2 Å². The highest BCUT2D eigenvalue weighted by atomic mass is 32.2. The highest BCUT2D eigenvalue weighted by Crippen LogP contribution is 2.42. The molecule has 5 nitrogen and oxygen atoms in total. The van der Waals surface area contributed by atoms with Crippen molar-refractivity contribution in [2.75, 3.05) is 51.3 Å². The second kappa shape index (κ2) is 10.8. The molecule has 37 heavy (non-hydrogen) atoms. The number of benzene rings is 1. The van der Waals surface area contributed by atoms with Gasteiger partial charge in [-0.25, -0.2) is 8.78 Å². The van der Waals surface area contributed by atoms with Gasteiger partial charge in [0.25, 0.3) is 0 Å². The Morgan fingerprint density at radius 2 is 1.76 bits per heavy atom. The zero-order chi connectivity index (χ0) is 27.1. The number of hydrogen-bond donors (Lipinski definition) is 1. The fourth-order valence-corrected chi connectivity index (χ4v) is 6.28. The van der Waals surface area contributed by atoms with Crippen LogP contribution in [0.4, 0.5) is 22.0 Å². The molecular formula is C26H34F5N5S. The third-order valence-electron chi connectivity index (χ3n) is 7.30. The summed E-state index contributed by atoms with van der Waals surface area (Å²) in [6, 6.07) is 1.80. The molecule has 3 aliphatic heterocycles. The molecule has 0 bridgehead atoms. The first-order chi connectivity index (χ1) is 17.4. The van der Waals surface area contributed by atoms with Gasteiger partial charge in [0.1, 0.15) is 11.6 Å². The van der Waals surface area contributed by atoms with Gasteiger partial charge in [-0.3, -0.25) is 0 Å². The smallest absolute Gasteiger partial charge is 0.369 e. The van der Waals surface area contributed by atoms with Gasteiger partial charge in [0.2, 0.25) is 0 Å². The van der Waals surface area contributed by atoms with Crippen LogP contribution in [-0.2, 0) is 6.42 Å². The maximum Gasteiger partial charge on any atom is 0.427 e. The van der Waals surface area contributed by atoms with Crippen molar-refractivity contribution in [3.63, 3.8) is 0 Å². The van der Waals surface area contributed by atoms with Crippen molar-refractivity contribution < 1.29 is 22.0 Å². The molecule has 0 saturated carbocycles. The summed E-state index contributed by atoms with van der Waals surface area (Å²) in [4.78, 5) is 6.72. The Balaban J connectivity index is 1.51. The van der Waals surface area contributed by atoms with Gasteiger partial charge in [-0.05, 0) is 36.6 Å². The molecule has 2 atom stereocenters. The Morgan fingerprint density at radius 3 is 2.41 bits per heavy atom. The van der Waals surface area contributed by atoms with Gasteiger partial charge in [-0.2, -0.15) is 24.9 Å². The van der Waals surface area contributed by atoms with Crippen molar-refractivity contribution >= 4 is 11.8 Å². The summed E-state index contributed by atoms with van der Waals surface area (Å²) in [6.45, 7) is 12.1. The third-order valence-corrected chi connectivity index (χ3v) is 8.24. The van der Waals surface area contributed by atoms with Crippen LogP contribution < -0.4 is 5.73 Å². The summed E-state index contributed by atoms with van der Waals surface area (Å²) in [5.74, 6) is 0.814. The molecule has 0 radical (unpaired) electrons. The normalized spacial score (nSPS) is 21.5. The van der Waals surface area contributed by atoms with E-state index in [9.17, 15) is 22.0 Å². The molecule has 0 amide bonds. The minimum atomic E-state index is -4.44. The van der Waals surface area contributed by atoms with Crippen LogP contribution in [0.3, 0.4) is 0 Å². The summed E-state index contributed by atoms with van der Waals surface area (Å²) in [7, 11) is 1.48. The van der Waals surface area contributed by atoms with Gasteiger partial charge in [-0.15, -0.1) is 0 Å². The summed E-state index contributed by atoms with van der Waals surface area (Å²) in [5, 5.41) is 0. The Labute approximate surface area is 219 Å². The van der Waals surface area contributed by atoms with Crippen LogP contribution in [0, 0.1) is 18.6 Å². The Kier molecular flexibility index (Phi) is 8.04. The van der Waals surface area contributed by atoms with E-state index in [2.05, 4.69) is 18.1 Å². The lowest BCUT2D eigenvalue weighted by atomic mass is 10.00. The second-order valence-corrected chi connectivity index (χ2v) is 11.1. The average Bonchev–Trinajstić information content (AvgIpc) is 3.13. The molecule has 204 valence electrons. The first-order valence-corrected chi connectivity index (χ1v) is 13.5. The molecular weight excluding hydrogens is 509 g/mol. The molecule has 3 heterocycles. The number of fused-ring (bicyclic) bond motifs is 1. The lowest BCUT2D eigenvalue weighted by molar-refractivity contribution is -0.205. The molecule has 3 aliphatic rings. The van der Waals surface area contributed by atoms with Crippen LogP contribution in [0.1, 0.15) is 17.5 Å². The molecule has 2 fully saturated rings. The second-order valence-electron chi connectivity index (χ2n) is 9.91. The van der Waals surface area contributed by atoms with Gasteiger partial charge in [0.05, 0.1) is 23.6 Å². The molecule has 0 aliphatic carbocycles. The number of nitrogens with zero attached hydrogens (tertiary/aromatic N) is 4. The standard InChI is InChI=1S/C26H34F5N5S/c1-16-11-22(28)19(14-21(16)27)13-20(32)12-17(2)35-5-6-36-23(15-35)24(33(4)25(36)26(29,30)31)18(3)34-7-9-37-10-8-34/h11,14,20,25H,2-3,5-10,12-13,15,32H2,1,4H3. The summed E-state index contributed by atoms with van der Waals surface area (Å²) >= 11 is 1.82. The number of piperazine rings is 1. The molecule has 0 aromatic heterocycles. The molecule has 4 rings (SSSR count). The van der Waals surface area contributed by atoms with E-state index < -0.39 is 30.0 Å². The molecule has 2 saturated heterocycles. The number of aryl methyl sites for hydroxylation is 1. The van der Waals surface area contributed by atoms with E-state index in [1.807, 2.05) is 16.7 Å². The zero-order valence-corrected chi connectivity index (χ0v) is 22.1. The van der Waals surface area contributed by atoms with E-state index in [-0.39, 0.29) is 30.6 Å². The van der Waals surface area contributed by atoms with Crippen LogP contribution in [-0.4, -0.2) is 89.3 Å². The fourth-order valence-electron chi connectivity index (χ4n) is 5.38. The van der Waals surface area contributed by atoms with Crippen LogP contribution >= 0.6 is 11.8 Å². The first kappa shape index (κ1) is 27.6. The van der Waals surface area contributed by atoms with E-state index in [0.717, 1.165) is 30.7 Å². The third kappa shape index (κ3) is 5.72. The number of likely N-dealkylation sites (N-methyl/N-ethyl adjacent to an activating group) is 1. The summed E-state index contributed by atoms with van der Waals surface area (Å²) < 4.78 is 70.6. The van der Waals surface area contributed by atoms with Crippen molar-refractivity contribution in [2.45, 2.75) is 38.1 Å². The van der Waals surface area contributed by atoms with Crippen molar-refractivity contribution in [1.82, 2.24) is 19.6 Å². The lowest BCUT2D eigenvalue weighted by Gasteiger charge is -2.41. The SMILES string of the molecule is C=C(CC(N)Cc1cc(F)c(C)cc1F)N1CCN2C(=C(C(=C)N3CCSCC3)N(C)C2C(F)(F)F)C1. The predicted molar refractivity (Wildman–Crippen MR) is 137 cm³/mol. The van der Waals surface area contributed by atoms with Gasteiger partial charge in [0.15, 0.2) is 6.17 Å². The Morgan fingerprint density at radius 1 is 1.08 bits per heavy atom. The predicted octanol–water partition coefficient (Wildman–Crippen LogP) is 4.27. The van der Waals surface area contributed by atoms with E-state index in [0.29, 0.717) is 35.8 Å². The lowest BCUT2D eigenvalue weighted by Crippen LogP contribution is -2.54. The van der Waals surface area contributed by atoms with Crippen molar-refractivity contribution in [2.24, 2.45) is 5.73 Å². The number of nitrogens with two attached hydrogens (primary N) is 1.